The summed E-state index contributed by atoms with van der Waals surface area (Å²) < 4.78 is 6.73. The topological polar surface area (TPSA) is 87.3 Å². The average molecular weight is 329 g/mol. The van der Waals surface area contributed by atoms with E-state index in [1.165, 1.54) is 13.2 Å². The third kappa shape index (κ3) is 2.77. The zero-order valence-corrected chi connectivity index (χ0v) is 13.7. The predicted octanol–water partition coefficient (Wildman–Crippen LogP) is 2.74. The van der Waals surface area contributed by atoms with Crippen LogP contribution in [0.15, 0.2) is 24.4 Å². The predicted molar refractivity (Wildman–Crippen MR) is 86.9 cm³/mol. The van der Waals surface area contributed by atoms with Crippen molar-refractivity contribution in [1.29, 1.82) is 0 Å². The lowest BCUT2D eigenvalue weighted by Crippen LogP contribution is -2.20. The Morgan fingerprint density at radius 2 is 2.29 bits per heavy atom. The molecule has 7 heteroatoms. The Hall–Kier alpha value is -2.70. The average Bonchev–Trinajstić information content (AvgIpc) is 2.99. The van der Waals surface area contributed by atoms with E-state index < -0.39 is 0 Å². The molecule has 1 atom stereocenters. The van der Waals surface area contributed by atoms with Crippen molar-refractivity contribution in [2.45, 2.75) is 38.6 Å². The summed E-state index contributed by atoms with van der Waals surface area (Å²) in [5, 5.41) is 15.5. The van der Waals surface area contributed by atoms with Crippen LogP contribution in [0.2, 0.25) is 0 Å². The molecule has 3 rings (SSSR count). The number of carbonyl (C=O) groups excluding carboxylic acids is 1. The molecule has 1 aromatic carbocycles. The number of hydrogen-bond acceptors (Lipinski definition) is 5. The summed E-state index contributed by atoms with van der Waals surface area (Å²) in [7, 11) is 1.40. The van der Waals surface area contributed by atoms with E-state index in [4.69, 9.17) is 4.74 Å². The largest absolute Gasteiger partial charge is 0.469 e. The van der Waals surface area contributed by atoms with Gasteiger partial charge >= 0.3 is 5.97 Å². The summed E-state index contributed by atoms with van der Waals surface area (Å²) in [5.74, 6) is -0.499. The summed E-state index contributed by atoms with van der Waals surface area (Å²) in [6, 6.07) is 5.06. The Labute approximate surface area is 139 Å². The van der Waals surface area contributed by atoms with Gasteiger partial charge in [-0.05, 0) is 31.7 Å². The van der Waals surface area contributed by atoms with Crippen LogP contribution in [0.5, 0.6) is 0 Å². The molecule has 24 heavy (non-hydrogen) atoms. The van der Waals surface area contributed by atoms with Crippen LogP contribution in [-0.2, 0) is 22.5 Å². The fourth-order valence-electron chi connectivity index (χ4n) is 3.34. The zero-order chi connectivity index (χ0) is 17.3. The molecule has 126 valence electrons. The SMILES string of the molecule is COC(=O)[C@H]1CCCc2c1cnn2Cc1cccc([N+](=O)[O-])c1C. The molecule has 2 aromatic rings. The molecule has 0 aliphatic heterocycles. The van der Waals surface area contributed by atoms with Crippen LogP contribution in [0.1, 0.15) is 41.1 Å². The van der Waals surface area contributed by atoms with Crippen molar-refractivity contribution in [3.8, 4) is 0 Å². The molecule has 1 aliphatic carbocycles. The number of benzene rings is 1. The minimum Gasteiger partial charge on any atom is -0.469 e. The standard InChI is InChI=1S/C17H19N3O4/c1-11-12(5-3-7-15(11)20(22)23)10-19-16-8-4-6-13(17(21)24-2)14(16)9-18-19/h3,5,7,9,13H,4,6,8,10H2,1-2H3/t13-/m0/s1. The Bertz CT molecular complexity index is 797. The number of nitro benzene ring substituents is 1. The summed E-state index contributed by atoms with van der Waals surface area (Å²) in [4.78, 5) is 22.7. The maximum absolute atomic E-state index is 11.9. The molecule has 0 bridgehead atoms. The van der Waals surface area contributed by atoms with E-state index >= 15 is 0 Å². The third-order valence-electron chi connectivity index (χ3n) is 4.68. The molecule has 0 unspecified atom stereocenters. The van der Waals surface area contributed by atoms with Crippen LogP contribution < -0.4 is 0 Å². The first-order valence-electron chi connectivity index (χ1n) is 7.88. The van der Waals surface area contributed by atoms with Gasteiger partial charge in [-0.2, -0.15) is 5.10 Å². The van der Waals surface area contributed by atoms with Gasteiger partial charge in [-0.15, -0.1) is 0 Å². The highest BCUT2D eigenvalue weighted by Crippen LogP contribution is 2.33. The van der Waals surface area contributed by atoms with Gasteiger partial charge in [-0.25, -0.2) is 0 Å². The van der Waals surface area contributed by atoms with E-state index in [9.17, 15) is 14.9 Å². The van der Waals surface area contributed by atoms with E-state index in [1.807, 2.05) is 10.7 Å². The first kappa shape index (κ1) is 16.2. The normalized spacial score (nSPS) is 16.5. The van der Waals surface area contributed by atoms with Crippen molar-refractivity contribution < 1.29 is 14.5 Å². The maximum Gasteiger partial charge on any atom is 0.313 e. The van der Waals surface area contributed by atoms with E-state index in [2.05, 4.69) is 5.10 Å². The molecule has 1 aromatic heterocycles. The molecular formula is C17H19N3O4. The third-order valence-corrected chi connectivity index (χ3v) is 4.68. The first-order chi connectivity index (χ1) is 11.5. The Balaban J connectivity index is 1.93. The number of nitro groups is 1. The van der Waals surface area contributed by atoms with Crippen molar-refractivity contribution in [3.63, 3.8) is 0 Å². The second kappa shape index (κ2) is 6.43. The molecule has 0 N–H and O–H groups in total. The molecule has 1 heterocycles. The number of hydrogen-bond donors (Lipinski definition) is 0. The highest BCUT2D eigenvalue weighted by Gasteiger charge is 2.30. The summed E-state index contributed by atoms with van der Waals surface area (Å²) in [6.45, 7) is 2.21. The van der Waals surface area contributed by atoms with Crippen LogP contribution in [0.4, 0.5) is 5.69 Å². The Kier molecular flexibility index (Phi) is 4.33. The highest BCUT2D eigenvalue weighted by atomic mass is 16.6. The molecule has 7 nitrogen and oxygen atoms in total. The number of fused-ring (bicyclic) bond motifs is 1. The molecule has 0 radical (unpaired) electrons. The number of carbonyl (C=O) groups is 1. The van der Waals surface area contributed by atoms with Gasteiger partial charge in [0.25, 0.3) is 5.69 Å². The van der Waals surface area contributed by atoms with Gasteiger partial charge in [0, 0.05) is 22.9 Å². The van der Waals surface area contributed by atoms with Gasteiger partial charge in [0.15, 0.2) is 0 Å². The molecule has 1 aliphatic rings. The van der Waals surface area contributed by atoms with E-state index in [0.717, 1.165) is 36.1 Å². The first-order valence-corrected chi connectivity index (χ1v) is 7.88. The summed E-state index contributed by atoms with van der Waals surface area (Å²) >= 11 is 0. The maximum atomic E-state index is 11.9. The molecule has 0 fully saturated rings. The highest BCUT2D eigenvalue weighted by molar-refractivity contribution is 5.78. The molecular weight excluding hydrogens is 310 g/mol. The van der Waals surface area contributed by atoms with Crippen LogP contribution in [0, 0.1) is 17.0 Å². The fourth-order valence-corrected chi connectivity index (χ4v) is 3.34. The monoisotopic (exact) mass is 329 g/mol. The molecule has 0 spiro atoms. The van der Waals surface area contributed by atoms with Crippen LogP contribution >= 0.6 is 0 Å². The van der Waals surface area contributed by atoms with E-state index in [1.54, 1.807) is 19.2 Å². The fraction of sp³-hybridized carbons (Fsp3) is 0.412. The van der Waals surface area contributed by atoms with E-state index in [0.29, 0.717) is 12.1 Å². The van der Waals surface area contributed by atoms with Crippen molar-refractivity contribution in [3.05, 3.63) is 56.9 Å². The van der Waals surface area contributed by atoms with Gasteiger partial charge in [-0.1, -0.05) is 12.1 Å². The second-order valence-corrected chi connectivity index (χ2v) is 5.99. The number of aromatic nitrogens is 2. The number of rotatable bonds is 4. The van der Waals surface area contributed by atoms with Crippen molar-refractivity contribution >= 4 is 11.7 Å². The van der Waals surface area contributed by atoms with Crippen molar-refractivity contribution in [2.75, 3.05) is 7.11 Å². The number of esters is 1. The smallest absolute Gasteiger partial charge is 0.313 e. The number of methoxy groups -OCH3 is 1. The Morgan fingerprint density at radius 3 is 3.00 bits per heavy atom. The van der Waals surface area contributed by atoms with Gasteiger partial charge < -0.3 is 4.74 Å². The lowest BCUT2D eigenvalue weighted by molar-refractivity contribution is -0.385. The van der Waals surface area contributed by atoms with Crippen LogP contribution in [-0.4, -0.2) is 27.8 Å². The van der Waals surface area contributed by atoms with Crippen LogP contribution in [0.25, 0.3) is 0 Å². The van der Waals surface area contributed by atoms with E-state index in [-0.39, 0.29) is 22.5 Å². The van der Waals surface area contributed by atoms with Gasteiger partial charge in [-0.3, -0.25) is 19.6 Å². The van der Waals surface area contributed by atoms with Crippen molar-refractivity contribution in [2.24, 2.45) is 0 Å². The molecule has 0 saturated heterocycles. The summed E-state index contributed by atoms with van der Waals surface area (Å²) in [6.07, 6.45) is 4.23. The van der Waals surface area contributed by atoms with Crippen LogP contribution in [0.3, 0.4) is 0 Å². The minimum atomic E-state index is -0.370. The lowest BCUT2D eigenvalue weighted by Gasteiger charge is -2.21. The summed E-state index contributed by atoms with van der Waals surface area (Å²) in [5.41, 5.74) is 3.54. The minimum absolute atomic E-state index is 0.112. The number of nitrogens with zero attached hydrogens (tertiary/aromatic N) is 3. The quantitative estimate of drug-likeness (QED) is 0.489. The molecule has 0 amide bonds. The zero-order valence-electron chi connectivity index (χ0n) is 13.7. The van der Waals surface area contributed by atoms with Gasteiger partial charge in [0.05, 0.1) is 30.7 Å². The Morgan fingerprint density at radius 1 is 1.50 bits per heavy atom. The second-order valence-electron chi connectivity index (χ2n) is 5.99. The van der Waals surface area contributed by atoms with Crippen molar-refractivity contribution in [1.82, 2.24) is 9.78 Å². The van der Waals surface area contributed by atoms with Gasteiger partial charge in [0.2, 0.25) is 0 Å². The number of ether oxygens (including phenoxy) is 1. The van der Waals surface area contributed by atoms with Gasteiger partial charge in [0.1, 0.15) is 0 Å². The lowest BCUT2D eigenvalue weighted by atomic mass is 9.87. The molecule has 0 saturated carbocycles.